The van der Waals surface area contributed by atoms with Crippen LogP contribution in [0.4, 0.5) is 0 Å². The van der Waals surface area contributed by atoms with E-state index in [1.807, 2.05) is 11.8 Å². The molecule has 2 fully saturated rings. The van der Waals surface area contributed by atoms with E-state index in [4.69, 9.17) is 10.5 Å². The maximum absolute atomic E-state index is 11.9. The summed E-state index contributed by atoms with van der Waals surface area (Å²) in [6.45, 7) is 3.58. The van der Waals surface area contributed by atoms with Gasteiger partial charge in [0.25, 0.3) is 0 Å². The Morgan fingerprint density at radius 1 is 1.44 bits per heavy atom. The fraction of sp³-hybridized carbons (Fsp3) is 0.917. The van der Waals surface area contributed by atoms with E-state index < -0.39 is 0 Å². The fourth-order valence-corrected chi connectivity index (χ4v) is 2.55. The average Bonchev–Trinajstić information content (AvgIpc) is 2.57. The summed E-state index contributed by atoms with van der Waals surface area (Å²) in [6.07, 6.45) is 5.32. The molecule has 4 nitrogen and oxygen atoms in total. The monoisotopic (exact) mass is 226 g/mol. The lowest BCUT2D eigenvalue weighted by Gasteiger charge is -2.32. The van der Waals surface area contributed by atoms with E-state index in [2.05, 4.69) is 0 Å². The van der Waals surface area contributed by atoms with Gasteiger partial charge in [-0.25, -0.2) is 0 Å². The van der Waals surface area contributed by atoms with E-state index in [-0.39, 0.29) is 11.9 Å². The van der Waals surface area contributed by atoms with Gasteiger partial charge >= 0.3 is 0 Å². The van der Waals surface area contributed by atoms with Crippen LogP contribution in [0.2, 0.25) is 0 Å². The molecule has 0 aliphatic carbocycles. The van der Waals surface area contributed by atoms with Crippen LogP contribution in [0.1, 0.15) is 39.0 Å². The molecule has 2 saturated heterocycles. The van der Waals surface area contributed by atoms with E-state index in [1.54, 1.807) is 0 Å². The van der Waals surface area contributed by atoms with Gasteiger partial charge in [-0.1, -0.05) is 0 Å². The van der Waals surface area contributed by atoms with Crippen molar-refractivity contribution in [2.24, 2.45) is 5.73 Å². The van der Waals surface area contributed by atoms with E-state index in [0.717, 1.165) is 38.8 Å². The van der Waals surface area contributed by atoms with Crippen LogP contribution in [-0.2, 0) is 9.53 Å². The number of nitrogens with two attached hydrogens (primary N) is 1. The molecule has 0 aromatic rings. The van der Waals surface area contributed by atoms with Crippen LogP contribution < -0.4 is 5.73 Å². The second kappa shape index (κ2) is 5.15. The van der Waals surface area contributed by atoms with Crippen molar-refractivity contribution in [2.75, 3.05) is 13.1 Å². The highest BCUT2D eigenvalue weighted by atomic mass is 16.5. The third-order valence-corrected chi connectivity index (χ3v) is 3.45. The van der Waals surface area contributed by atoms with Gasteiger partial charge in [0, 0.05) is 25.6 Å². The predicted molar refractivity (Wildman–Crippen MR) is 62.0 cm³/mol. The van der Waals surface area contributed by atoms with Crippen LogP contribution >= 0.6 is 0 Å². The molecule has 2 N–H and O–H groups in total. The number of rotatable bonds is 4. The predicted octanol–water partition coefficient (Wildman–Crippen LogP) is 0.894. The molecule has 0 aromatic heterocycles. The van der Waals surface area contributed by atoms with Gasteiger partial charge in [0.2, 0.25) is 5.91 Å². The third-order valence-electron chi connectivity index (χ3n) is 3.45. The molecule has 0 radical (unpaired) electrons. The summed E-state index contributed by atoms with van der Waals surface area (Å²) in [4.78, 5) is 13.9. The molecule has 0 aromatic carbocycles. The van der Waals surface area contributed by atoms with Gasteiger partial charge in [-0.05, 0) is 32.6 Å². The number of hydrogen-bond acceptors (Lipinski definition) is 3. The zero-order valence-corrected chi connectivity index (χ0v) is 10.0. The summed E-state index contributed by atoms with van der Waals surface area (Å²) >= 11 is 0. The van der Waals surface area contributed by atoms with Crippen molar-refractivity contribution in [1.29, 1.82) is 0 Å². The van der Waals surface area contributed by atoms with E-state index in [1.165, 1.54) is 0 Å². The normalized spacial score (nSPS) is 30.5. The van der Waals surface area contributed by atoms with Crippen LogP contribution in [0.5, 0.6) is 0 Å². The van der Waals surface area contributed by atoms with Crippen LogP contribution in [0.25, 0.3) is 0 Å². The van der Waals surface area contributed by atoms with Gasteiger partial charge in [-0.3, -0.25) is 4.79 Å². The topological polar surface area (TPSA) is 55.6 Å². The minimum absolute atomic E-state index is 0.202. The first-order valence-electron chi connectivity index (χ1n) is 6.34. The lowest BCUT2D eigenvalue weighted by molar-refractivity contribution is -0.139. The smallest absolute Gasteiger partial charge is 0.222 e. The molecule has 2 heterocycles. The summed E-state index contributed by atoms with van der Waals surface area (Å²) in [5, 5.41) is 0. The molecule has 4 heteroatoms. The Hall–Kier alpha value is -0.610. The average molecular weight is 226 g/mol. The zero-order chi connectivity index (χ0) is 11.5. The first-order chi connectivity index (χ1) is 7.65. The standard InChI is InChI=1S/C12H22N2O2/c1-9(13)3-2-4-12(15)14-7-10-5-6-11(8-14)16-10/h9-11H,2-8,13H2,1H3. The maximum Gasteiger partial charge on any atom is 0.222 e. The first kappa shape index (κ1) is 11.9. The second-order valence-corrected chi connectivity index (χ2v) is 5.13. The van der Waals surface area contributed by atoms with Gasteiger partial charge in [-0.2, -0.15) is 0 Å². The molecule has 3 unspecified atom stereocenters. The Kier molecular flexibility index (Phi) is 3.82. The number of fused-ring (bicyclic) bond motifs is 2. The quantitative estimate of drug-likeness (QED) is 0.774. The van der Waals surface area contributed by atoms with Crippen LogP contribution in [-0.4, -0.2) is 42.1 Å². The molecule has 2 bridgehead atoms. The SMILES string of the molecule is CC(N)CCCC(=O)N1CC2CCC(C1)O2. The number of carbonyl (C=O) groups excluding carboxylic acids is 1. The number of morpholine rings is 1. The van der Waals surface area contributed by atoms with Crippen LogP contribution in [0, 0.1) is 0 Å². The molecular formula is C12H22N2O2. The fourth-order valence-electron chi connectivity index (χ4n) is 2.55. The van der Waals surface area contributed by atoms with E-state index >= 15 is 0 Å². The summed E-state index contributed by atoms with van der Waals surface area (Å²) in [5.41, 5.74) is 5.67. The molecule has 2 aliphatic rings. The minimum atomic E-state index is 0.202. The molecule has 2 rings (SSSR count). The Bertz CT molecular complexity index is 243. The van der Waals surface area contributed by atoms with Crippen molar-refractivity contribution < 1.29 is 9.53 Å². The molecule has 16 heavy (non-hydrogen) atoms. The van der Waals surface area contributed by atoms with Crippen LogP contribution in [0.3, 0.4) is 0 Å². The molecule has 0 saturated carbocycles. The van der Waals surface area contributed by atoms with Gasteiger partial charge in [0.05, 0.1) is 12.2 Å². The third kappa shape index (κ3) is 2.95. The van der Waals surface area contributed by atoms with Gasteiger partial charge < -0.3 is 15.4 Å². The highest BCUT2D eigenvalue weighted by molar-refractivity contribution is 5.76. The van der Waals surface area contributed by atoms with Crippen molar-refractivity contribution in [1.82, 2.24) is 4.90 Å². The van der Waals surface area contributed by atoms with Crippen molar-refractivity contribution in [3.63, 3.8) is 0 Å². The van der Waals surface area contributed by atoms with E-state index in [9.17, 15) is 4.79 Å². The number of likely N-dealkylation sites (tertiary alicyclic amines) is 1. The molecule has 0 spiro atoms. The van der Waals surface area contributed by atoms with Crippen molar-refractivity contribution >= 4 is 5.91 Å². The van der Waals surface area contributed by atoms with E-state index in [0.29, 0.717) is 18.6 Å². The Morgan fingerprint density at radius 2 is 2.06 bits per heavy atom. The van der Waals surface area contributed by atoms with Crippen LogP contribution in [0.15, 0.2) is 0 Å². The minimum Gasteiger partial charge on any atom is -0.371 e. The van der Waals surface area contributed by atoms with Crippen molar-refractivity contribution in [3.8, 4) is 0 Å². The number of amides is 1. The summed E-state index contributed by atoms with van der Waals surface area (Å²) in [5.74, 6) is 0.279. The molecule has 1 amide bonds. The number of hydrogen-bond donors (Lipinski definition) is 1. The van der Waals surface area contributed by atoms with Crippen molar-refractivity contribution in [3.05, 3.63) is 0 Å². The highest BCUT2D eigenvalue weighted by Gasteiger charge is 2.35. The molecule has 92 valence electrons. The summed E-state index contributed by atoms with van der Waals surface area (Å²) < 4.78 is 5.71. The molecule has 3 atom stereocenters. The Morgan fingerprint density at radius 3 is 2.62 bits per heavy atom. The highest BCUT2D eigenvalue weighted by Crippen LogP contribution is 2.26. The number of ether oxygens (including phenoxy) is 1. The molecule has 2 aliphatic heterocycles. The number of nitrogens with zero attached hydrogens (tertiary/aromatic N) is 1. The lowest BCUT2D eigenvalue weighted by Crippen LogP contribution is -2.45. The lowest BCUT2D eigenvalue weighted by atomic mass is 10.1. The maximum atomic E-state index is 11.9. The summed E-state index contributed by atoms with van der Waals surface area (Å²) in [7, 11) is 0. The number of carbonyl (C=O) groups is 1. The Labute approximate surface area is 97.1 Å². The van der Waals surface area contributed by atoms with Gasteiger partial charge in [0.15, 0.2) is 0 Å². The van der Waals surface area contributed by atoms with Gasteiger partial charge in [0.1, 0.15) is 0 Å². The zero-order valence-electron chi connectivity index (χ0n) is 10.0. The van der Waals surface area contributed by atoms with Gasteiger partial charge in [-0.15, -0.1) is 0 Å². The van der Waals surface area contributed by atoms with Crippen molar-refractivity contribution in [2.45, 2.75) is 57.3 Å². The second-order valence-electron chi connectivity index (χ2n) is 5.13. The first-order valence-corrected chi connectivity index (χ1v) is 6.34. The Balaban J connectivity index is 1.73. The summed E-state index contributed by atoms with van der Waals surface area (Å²) in [6, 6.07) is 0.202. The molecular weight excluding hydrogens is 204 g/mol. The largest absolute Gasteiger partial charge is 0.371 e.